The van der Waals surface area contributed by atoms with Gasteiger partial charge >= 0.3 is 0 Å². The molecule has 1 atom stereocenters. The molecule has 0 bridgehead atoms. The average Bonchev–Trinajstić information content (AvgIpc) is 2.67. The van der Waals surface area contributed by atoms with Crippen molar-refractivity contribution in [1.29, 1.82) is 0 Å². The highest BCUT2D eigenvalue weighted by Gasteiger charge is 2.05. The topological polar surface area (TPSA) is 46.2 Å². The molecule has 0 saturated carbocycles. The van der Waals surface area contributed by atoms with E-state index in [1.807, 2.05) is 66.7 Å². The number of anilines is 2. The van der Waals surface area contributed by atoms with Crippen LogP contribution in [-0.2, 0) is 0 Å². The Kier molecular flexibility index (Phi) is 5.88. The highest BCUT2D eigenvalue weighted by molar-refractivity contribution is 5.46. The molecule has 0 saturated heterocycles. The van der Waals surface area contributed by atoms with Gasteiger partial charge in [-0.15, -0.1) is 0 Å². The summed E-state index contributed by atoms with van der Waals surface area (Å²) in [5.41, 5.74) is 1.24. The monoisotopic (exact) mass is 333 g/mol. The van der Waals surface area contributed by atoms with Gasteiger partial charge in [0.25, 0.3) is 0 Å². The molecule has 0 fully saturated rings. The summed E-state index contributed by atoms with van der Waals surface area (Å²) in [6.07, 6.45) is 0. The van der Waals surface area contributed by atoms with E-state index in [2.05, 4.69) is 34.7 Å². The Labute approximate surface area is 148 Å². The van der Waals surface area contributed by atoms with Crippen molar-refractivity contribution in [3.63, 3.8) is 0 Å². The van der Waals surface area contributed by atoms with Crippen LogP contribution in [0.25, 0.3) is 0 Å². The van der Waals surface area contributed by atoms with Gasteiger partial charge in [0.05, 0.1) is 6.54 Å². The molecule has 3 aromatic rings. The standard InChI is InChI=1S/C21H23N3O/c1-17(18-9-4-2-5-10-18)23-21-14-8-13-20(24-21)22-15-16-25-19-11-6-3-7-12-19/h2-14,17H,15-16H2,1H3,(H2,22,23,24)/t17-/m0/s1. The van der Waals surface area contributed by atoms with Crippen molar-refractivity contribution in [3.8, 4) is 5.75 Å². The number of ether oxygens (including phenoxy) is 1. The molecule has 25 heavy (non-hydrogen) atoms. The van der Waals surface area contributed by atoms with E-state index in [9.17, 15) is 0 Å². The van der Waals surface area contributed by atoms with E-state index >= 15 is 0 Å². The van der Waals surface area contributed by atoms with Gasteiger partial charge in [-0.05, 0) is 36.8 Å². The molecular weight excluding hydrogens is 310 g/mol. The molecule has 1 aromatic heterocycles. The number of nitrogens with one attached hydrogen (secondary N) is 2. The number of aromatic nitrogens is 1. The Morgan fingerprint density at radius 1 is 0.840 bits per heavy atom. The van der Waals surface area contributed by atoms with Gasteiger partial charge in [0.15, 0.2) is 0 Å². The van der Waals surface area contributed by atoms with Crippen LogP contribution in [0.1, 0.15) is 18.5 Å². The van der Waals surface area contributed by atoms with Crippen molar-refractivity contribution in [2.45, 2.75) is 13.0 Å². The fourth-order valence-corrected chi connectivity index (χ4v) is 2.53. The van der Waals surface area contributed by atoms with E-state index in [-0.39, 0.29) is 6.04 Å². The molecule has 0 aliphatic rings. The Balaban J connectivity index is 1.49. The van der Waals surface area contributed by atoms with E-state index in [0.717, 1.165) is 17.4 Å². The van der Waals surface area contributed by atoms with Crippen LogP contribution >= 0.6 is 0 Å². The molecule has 2 N–H and O–H groups in total. The summed E-state index contributed by atoms with van der Waals surface area (Å²) in [6.45, 7) is 3.41. The number of hydrogen-bond acceptors (Lipinski definition) is 4. The van der Waals surface area contributed by atoms with Crippen LogP contribution in [0.4, 0.5) is 11.6 Å². The lowest BCUT2D eigenvalue weighted by molar-refractivity contribution is 0.333. The first-order chi connectivity index (χ1) is 12.3. The van der Waals surface area contributed by atoms with Gasteiger partial charge in [-0.2, -0.15) is 0 Å². The van der Waals surface area contributed by atoms with Gasteiger partial charge in [0.1, 0.15) is 24.0 Å². The smallest absolute Gasteiger partial charge is 0.128 e. The van der Waals surface area contributed by atoms with Crippen LogP contribution in [-0.4, -0.2) is 18.1 Å². The maximum atomic E-state index is 5.67. The Bertz CT molecular complexity index is 762. The summed E-state index contributed by atoms with van der Waals surface area (Å²) in [5.74, 6) is 2.57. The summed E-state index contributed by atoms with van der Waals surface area (Å²) < 4.78 is 5.67. The number of rotatable bonds is 8. The molecule has 128 valence electrons. The highest BCUT2D eigenvalue weighted by atomic mass is 16.5. The van der Waals surface area contributed by atoms with Crippen molar-refractivity contribution in [1.82, 2.24) is 4.98 Å². The molecule has 0 aliphatic heterocycles. The van der Waals surface area contributed by atoms with Gasteiger partial charge in [-0.1, -0.05) is 54.6 Å². The van der Waals surface area contributed by atoms with Crippen LogP contribution in [0.2, 0.25) is 0 Å². The molecular formula is C21H23N3O. The molecule has 0 radical (unpaired) electrons. The van der Waals surface area contributed by atoms with Gasteiger partial charge in [-0.3, -0.25) is 0 Å². The summed E-state index contributed by atoms with van der Waals surface area (Å²) in [6, 6.07) is 26.3. The molecule has 4 heteroatoms. The van der Waals surface area contributed by atoms with Gasteiger partial charge in [0, 0.05) is 6.04 Å². The van der Waals surface area contributed by atoms with Crippen molar-refractivity contribution in [2.75, 3.05) is 23.8 Å². The normalized spacial score (nSPS) is 11.6. The SMILES string of the molecule is C[C@H](Nc1cccc(NCCOc2ccccc2)n1)c1ccccc1. The molecule has 0 unspecified atom stereocenters. The summed E-state index contributed by atoms with van der Waals surface area (Å²) >= 11 is 0. The van der Waals surface area contributed by atoms with Crippen LogP contribution in [0.5, 0.6) is 5.75 Å². The zero-order chi connectivity index (χ0) is 17.3. The van der Waals surface area contributed by atoms with E-state index in [4.69, 9.17) is 4.74 Å². The summed E-state index contributed by atoms with van der Waals surface area (Å²) in [4.78, 5) is 4.61. The number of hydrogen-bond donors (Lipinski definition) is 2. The zero-order valence-corrected chi connectivity index (χ0v) is 14.4. The minimum Gasteiger partial charge on any atom is -0.492 e. The first-order valence-corrected chi connectivity index (χ1v) is 8.51. The summed E-state index contributed by atoms with van der Waals surface area (Å²) in [7, 11) is 0. The Morgan fingerprint density at radius 3 is 2.28 bits per heavy atom. The van der Waals surface area contributed by atoms with E-state index in [1.54, 1.807) is 0 Å². The van der Waals surface area contributed by atoms with Crippen molar-refractivity contribution in [2.24, 2.45) is 0 Å². The van der Waals surface area contributed by atoms with Gasteiger partial charge < -0.3 is 15.4 Å². The largest absolute Gasteiger partial charge is 0.492 e. The number of nitrogens with zero attached hydrogens (tertiary/aromatic N) is 1. The third kappa shape index (κ3) is 5.24. The Hall–Kier alpha value is -3.01. The molecule has 1 heterocycles. The number of pyridine rings is 1. The second-order valence-electron chi connectivity index (χ2n) is 5.77. The minimum absolute atomic E-state index is 0.199. The van der Waals surface area contributed by atoms with Crippen molar-refractivity contribution in [3.05, 3.63) is 84.4 Å². The van der Waals surface area contributed by atoms with Crippen LogP contribution in [0.3, 0.4) is 0 Å². The van der Waals surface area contributed by atoms with Gasteiger partial charge in [-0.25, -0.2) is 4.98 Å². The first kappa shape index (κ1) is 16.8. The second kappa shape index (κ2) is 8.73. The lowest BCUT2D eigenvalue weighted by Crippen LogP contribution is -2.13. The predicted octanol–water partition coefficient (Wildman–Crippen LogP) is 4.75. The molecule has 3 rings (SSSR count). The third-order valence-electron chi connectivity index (χ3n) is 3.83. The minimum atomic E-state index is 0.199. The first-order valence-electron chi connectivity index (χ1n) is 8.51. The van der Waals surface area contributed by atoms with Crippen molar-refractivity contribution < 1.29 is 4.74 Å². The fraction of sp³-hybridized carbons (Fsp3) is 0.190. The van der Waals surface area contributed by atoms with E-state index < -0.39 is 0 Å². The number of para-hydroxylation sites is 1. The average molecular weight is 333 g/mol. The lowest BCUT2D eigenvalue weighted by atomic mass is 10.1. The molecule has 4 nitrogen and oxygen atoms in total. The van der Waals surface area contributed by atoms with E-state index in [1.165, 1.54) is 5.56 Å². The molecule has 2 aromatic carbocycles. The molecule has 0 aliphatic carbocycles. The molecule has 0 amide bonds. The maximum Gasteiger partial charge on any atom is 0.128 e. The second-order valence-corrected chi connectivity index (χ2v) is 5.77. The number of benzene rings is 2. The van der Waals surface area contributed by atoms with E-state index in [0.29, 0.717) is 13.2 Å². The van der Waals surface area contributed by atoms with Crippen LogP contribution < -0.4 is 15.4 Å². The Morgan fingerprint density at radius 2 is 1.52 bits per heavy atom. The highest BCUT2D eigenvalue weighted by Crippen LogP contribution is 2.18. The lowest BCUT2D eigenvalue weighted by Gasteiger charge is -2.16. The quantitative estimate of drug-likeness (QED) is 0.584. The predicted molar refractivity (Wildman–Crippen MR) is 103 cm³/mol. The van der Waals surface area contributed by atoms with Crippen LogP contribution in [0.15, 0.2) is 78.9 Å². The maximum absolute atomic E-state index is 5.67. The third-order valence-corrected chi connectivity index (χ3v) is 3.83. The van der Waals surface area contributed by atoms with Crippen LogP contribution in [0, 0.1) is 0 Å². The molecule has 0 spiro atoms. The van der Waals surface area contributed by atoms with Gasteiger partial charge in [0.2, 0.25) is 0 Å². The van der Waals surface area contributed by atoms with Crippen molar-refractivity contribution >= 4 is 11.6 Å². The fourth-order valence-electron chi connectivity index (χ4n) is 2.53. The zero-order valence-electron chi connectivity index (χ0n) is 14.4. The summed E-state index contributed by atoms with van der Waals surface area (Å²) in [5, 5.41) is 6.72.